The number of carbonyl (C=O) groups is 2. The summed E-state index contributed by atoms with van der Waals surface area (Å²) in [7, 11) is 0. The van der Waals surface area contributed by atoms with E-state index in [0.29, 0.717) is 10.8 Å². The second kappa shape index (κ2) is 10.9. The lowest BCUT2D eigenvalue weighted by Crippen LogP contribution is -2.50. The summed E-state index contributed by atoms with van der Waals surface area (Å²) < 4.78 is 5.92. The molecule has 0 unspecified atom stereocenters. The SMILES string of the molecule is Cc1cc(C)c(C)c(OCC(=O)N(Cc2cccc(Cl)c2)[C@@H](C)C(=O)NC2CCCC2)c1. The summed E-state index contributed by atoms with van der Waals surface area (Å²) in [5, 5.41) is 3.71. The standard InChI is InChI=1S/C26H33ClN2O3/c1-17-12-18(2)19(3)24(13-17)32-16-25(30)29(15-21-8-7-9-22(27)14-21)20(4)26(31)28-23-10-5-6-11-23/h7-9,12-14,20,23H,5-6,10-11,15-16H2,1-4H3,(H,28,31)/t20-/m0/s1. The lowest BCUT2D eigenvalue weighted by molar-refractivity contribution is -0.142. The van der Waals surface area contributed by atoms with Crippen molar-refractivity contribution in [1.82, 2.24) is 10.2 Å². The van der Waals surface area contributed by atoms with Crippen LogP contribution in [0.1, 0.15) is 54.9 Å². The molecule has 0 aliphatic heterocycles. The van der Waals surface area contributed by atoms with E-state index >= 15 is 0 Å². The highest BCUT2D eigenvalue weighted by molar-refractivity contribution is 6.30. The minimum absolute atomic E-state index is 0.130. The maximum Gasteiger partial charge on any atom is 0.261 e. The van der Waals surface area contributed by atoms with Gasteiger partial charge in [0.15, 0.2) is 6.61 Å². The molecule has 1 atom stereocenters. The van der Waals surface area contributed by atoms with Crippen LogP contribution in [0.5, 0.6) is 5.75 Å². The Labute approximate surface area is 196 Å². The molecule has 32 heavy (non-hydrogen) atoms. The second-order valence-corrected chi connectivity index (χ2v) is 9.25. The van der Waals surface area contributed by atoms with Crippen molar-refractivity contribution >= 4 is 23.4 Å². The highest BCUT2D eigenvalue weighted by atomic mass is 35.5. The molecule has 0 spiro atoms. The van der Waals surface area contributed by atoms with Crippen molar-refractivity contribution in [1.29, 1.82) is 0 Å². The van der Waals surface area contributed by atoms with Crippen LogP contribution in [0, 0.1) is 20.8 Å². The number of nitrogens with zero attached hydrogens (tertiary/aromatic N) is 1. The van der Waals surface area contributed by atoms with Gasteiger partial charge in [-0.3, -0.25) is 9.59 Å². The fraction of sp³-hybridized carbons (Fsp3) is 0.462. The number of ether oxygens (including phenoxy) is 1. The summed E-state index contributed by atoms with van der Waals surface area (Å²) in [6.45, 7) is 7.93. The zero-order valence-corrected chi connectivity index (χ0v) is 20.2. The number of aryl methyl sites for hydroxylation is 2. The van der Waals surface area contributed by atoms with Crippen molar-refractivity contribution in [3.63, 3.8) is 0 Å². The molecule has 2 aromatic carbocycles. The van der Waals surface area contributed by atoms with Crippen LogP contribution in [0.15, 0.2) is 36.4 Å². The fourth-order valence-corrected chi connectivity index (χ4v) is 4.39. The molecule has 0 saturated heterocycles. The third-order valence-corrected chi connectivity index (χ3v) is 6.46. The molecule has 6 heteroatoms. The van der Waals surface area contributed by atoms with E-state index in [4.69, 9.17) is 16.3 Å². The molecule has 1 N–H and O–H groups in total. The fourth-order valence-electron chi connectivity index (χ4n) is 4.18. The average molecular weight is 457 g/mol. The zero-order valence-electron chi connectivity index (χ0n) is 19.4. The van der Waals surface area contributed by atoms with Crippen molar-refractivity contribution in [2.45, 2.75) is 72.0 Å². The monoisotopic (exact) mass is 456 g/mol. The first-order valence-corrected chi connectivity index (χ1v) is 11.7. The van der Waals surface area contributed by atoms with Gasteiger partial charge in [-0.15, -0.1) is 0 Å². The van der Waals surface area contributed by atoms with Crippen LogP contribution >= 0.6 is 11.6 Å². The van der Waals surface area contributed by atoms with Crippen LogP contribution < -0.4 is 10.1 Å². The molecule has 3 rings (SSSR count). The van der Waals surface area contributed by atoms with Crippen molar-refractivity contribution in [2.24, 2.45) is 0 Å². The molecule has 1 aliphatic rings. The Morgan fingerprint density at radius 2 is 1.88 bits per heavy atom. The number of hydrogen-bond donors (Lipinski definition) is 1. The predicted octanol–water partition coefficient (Wildman–Crippen LogP) is 5.12. The predicted molar refractivity (Wildman–Crippen MR) is 128 cm³/mol. The number of hydrogen-bond acceptors (Lipinski definition) is 3. The van der Waals surface area contributed by atoms with Gasteiger partial charge in [-0.1, -0.05) is 42.6 Å². The van der Waals surface area contributed by atoms with Gasteiger partial charge < -0.3 is 15.0 Å². The third-order valence-electron chi connectivity index (χ3n) is 6.23. The van der Waals surface area contributed by atoms with E-state index in [1.807, 2.05) is 45.0 Å². The summed E-state index contributed by atoms with van der Waals surface area (Å²) in [4.78, 5) is 27.8. The van der Waals surface area contributed by atoms with Crippen LogP contribution in [-0.4, -0.2) is 35.4 Å². The van der Waals surface area contributed by atoms with Gasteiger partial charge in [0.05, 0.1) is 0 Å². The highest BCUT2D eigenvalue weighted by Crippen LogP contribution is 2.24. The average Bonchev–Trinajstić information content (AvgIpc) is 3.26. The Morgan fingerprint density at radius 3 is 2.56 bits per heavy atom. The third kappa shape index (κ3) is 6.26. The van der Waals surface area contributed by atoms with E-state index in [2.05, 4.69) is 11.4 Å². The Hall–Kier alpha value is -2.53. The first-order chi connectivity index (χ1) is 15.2. The lowest BCUT2D eigenvalue weighted by atomic mass is 10.1. The van der Waals surface area contributed by atoms with Crippen LogP contribution in [0.25, 0.3) is 0 Å². The molecule has 0 aromatic heterocycles. The molecule has 2 amide bonds. The molecule has 1 saturated carbocycles. The Balaban J connectivity index is 1.75. The normalized spacial score (nSPS) is 14.8. The van der Waals surface area contributed by atoms with Gasteiger partial charge in [-0.25, -0.2) is 0 Å². The topological polar surface area (TPSA) is 58.6 Å². The molecular weight excluding hydrogens is 424 g/mol. The number of halogens is 1. The highest BCUT2D eigenvalue weighted by Gasteiger charge is 2.29. The summed E-state index contributed by atoms with van der Waals surface area (Å²) in [6, 6.07) is 11.0. The van der Waals surface area contributed by atoms with Crippen molar-refractivity contribution < 1.29 is 14.3 Å². The largest absolute Gasteiger partial charge is 0.483 e. The quantitative estimate of drug-likeness (QED) is 0.599. The second-order valence-electron chi connectivity index (χ2n) is 8.81. The van der Waals surface area contributed by atoms with Crippen molar-refractivity contribution in [3.05, 3.63) is 63.7 Å². The Morgan fingerprint density at radius 1 is 1.16 bits per heavy atom. The molecule has 1 fully saturated rings. The van der Waals surface area contributed by atoms with Crippen LogP contribution in [-0.2, 0) is 16.1 Å². The van der Waals surface area contributed by atoms with Gasteiger partial charge >= 0.3 is 0 Å². The number of carbonyl (C=O) groups excluding carboxylic acids is 2. The van der Waals surface area contributed by atoms with E-state index in [-0.39, 0.29) is 31.0 Å². The first kappa shape index (κ1) is 24.1. The van der Waals surface area contributed by atoms with Gasteiger partial charge in [0.2, 0.25) is 5.91 Å². The summed E-state index contributed by atoms with van der Waals surface area (Å²) >= 11 is 6.14. The van der Waals surface area contributed by atoms with Gasteiger partial charge in [0.1, 0.15) is 11.8 Å². The van der Waals surface area contributed by atoms with E-state index in [1.54, 1.807) is 17.9 Å². The molecular formula is C26H33ClN2O3. The number of nitrogens with one attached hydrogen (secondary N) is 1. The molecule has 0 bridgehead atoms. The van der Waals surface area contributed by atoms with Gasteiger partial charge in [-0.2, -0.15) is 0 Å². The number of benzene rings is 2. The molecule has 2 aromatic rings. The van der Waals surface area contributed by atoms with Gasteiger partial charge in [-0.05, 0) is 81.0 Å². The van der Waals surface area contributed by atoms with E-state index in [9.17, 15) is 9.59 Å². The van der Waals surface area contributed by atoms with Crippen molar-refractivity contribution in [2.75, 3.05) is 6.61 Å². The van der Waals surface area contributed by atoms with Gasteiger partial charge in [0, 0.05) is 17.6 Å². The Bertz CT molecular complexity index is 970. The lowest BCUT2D eigenvalue weighted by Gasteiger charge is -2.30. The molecule has 172 valence electrons. The first-order valence-electron chi connectivity index (χ1n) is 11.3. The molecule has 0 radical (unpaired) electrons. The van der Waals surface area contributed by atoms with Crippen molar-refractivity contribution in [3.8, 4) is 5.75 Å². The maximum absolute atomic E-state index is 13.3. The summed E-state index contributed by atoms with van der Waals surface area (Å²) in [5.74, 6) is 0.328. The zero-order chi connectivity index (χ0) is 23.3. The number of rotatable bonds is 8. The van der Waals surface area contributed by atoms with Crippen LogP contribution in [0.3, 0.4) is 0 Å². The molecule has 1 aliphatic carbocycles. The van der Waals surface area contributed by atoms with E-state index in [0.717, 1.165) is 47.9 Å². The van der Waals surface area contributed by atoms with Crippen LogP contribution in [0.2, 0.25) is 5.02 Å². The minimum atomic E-state index is -0.619. The summed E-state index contributed by atoms with van der Waals surface area (Å²) in [6.07, 6.45) is 4.26. The Kier molecular flexibility index (Phi) is 8.19. The molecule has 5 nitrogen and oxygen atoms in total. The van der Waals surface area contributed by atoms with E-state index in [1.165, 1.54) is 0 Å². The number of amides is 2. The smallest absolute Gasteiger partial charge is 0.261 e. The maximum atomic E-state index is 13.3. The minimum Gasteiger partial charge on any atom is -0.483 e. The van der Waals surface area contributed by atoms with Gasteiger partial charge in [0.25, 0.3) is 5.91 Å². The molecule has 0 heterocycles. The van der Waals surface area contributed by atoms with E-state index < -0.39 is 6.04 Å². The van der Waals surface area contributed by atoms with Crippen LogP contribution in [0.4, 0.5) is 0 Å². The summed E-state index contributed by atoms with van der Waals surface area (Å²) in [5.41, 5.74) is 4.08.